The second kappa shape index (κ2) is 6.88. The molecule has 1 aromatic carbocycles. The quantitative estimate of drug-likeness (QED) is 0.641. The summed E-state index contributed by atoms with van der Waals surface area (Å²) in [6.45, 7) is 0.881. The van der Waals surface area contributed by atoms with Crippen molar-refractivity contribution in [1.82, 2.24) is 4.72 Å². The van der Waals surface area contributed by atoms with Crippen LogP contribution in [0.15, 0.2) is 29.2 Å². The average Bonchev–Trinajstić information content (AvgIpc) is 2.45. The summed E-state index contributed by atoms with van der Waals surface area (Å²) >= 11 is 0. The number of sulfonamides is 1. The Kier molecular flexibility index (Phi) is 5.70. The standard InChI is InChI=1S/C13H19NO6S/c1-13(9-15,7-12(16)17)8-14-21(18,19)11-5-3-10(20-2)4-6-11/h3-6,14-15H,7-9H2,1-2H3,(H,16,17). The molecule has 1 rings (SSSR count). The van der Waals surface area contributed by atoms with Gasteiger partial charge in [-0.2, -0.15) is 0 Å². The lowest BCUT2D eigenvalue weighted by Gasteiger charge is -2.25. The first-order valence-electron chi connectivity index (χ1n) is 6.19. The summed E-state index contributed by atoms with van der Waals surface area (Å²) in [5.74, 6) is -0.574. The molecule has 1 atom stereocenters. The Labute approximate surface area is 123 Å². The molecule has 0 amide bonds. The summed E-state index contributed by atoms with van der Waals surface area (Å²) in [4.78, 5) is 10.8. The van der Waals surface area contributed by atoms with E-state index in [0.717, 1.165) is 0 Å². The summed E-state index contributed by atoms with van der Waals surface area (Å²) in [6.07, 6.45) is -0.339. The zero-order valence-electron chi connectivity index (χ0n) is 11.9. The van der Waals surface area contributed by atoms with Crippen molar-refractivity contribution in [2.24, 2.45) is 5.41 Å². The first kappa shape index (κ1) is 17.4. The Bertz CT molecular complexity index is 583. The van der Waals surface area contributed by atoms with Gasteiger partial charge in [0.05, 0.1) is 25.0 Å². The molecule has 0 radical (unpaired) electrons. The largest absolute Gasteiger partial charge is 0.497 e. The normalized spacial score (nSPS) is 14.4. The maximum Gasteiger partial charge on any atom is 0.304 e. The molecule has 0 fully saturated rings. The second-order valence-electron chi connectivity index (χ2n) is 5.04. The molecule has 0 aliphatic rings. The Morgan fingerprint density at radius 2 is 1.90 bits per heavy atom. The van der Waals surface area contributed by atoms with E-state index in [4.69, 9.17) is 9.84 Å². The molecule has 0 heterocycles. The first-order valence-corrected chi connectivity index (χ1v) is 7.67. The zero-order chi connectivity index (χ0) is 16.1. The second-order valence-corrected chi connectivity index (χ2v) is 6.81. The number of methoxy groups -OCH3 is 1. The lowest BCUT2D eigenvalue weighted by Crippen LogP contribution is -2.39. The fourth-order valence-electron chi connectivity index (χ4n) is 1.65. The van der Waals surface area contributed by atoms with Crippen LogP contribution in [0.5, 0.6) is 5.75 Å². The first-order chi connectivity index (χ1) is 9.72. The molecular formula is C13H19NO6S. The summed E-state index contributed by atoms with van der Waals surface area (Å²) in [5, 5.41) is 18.0. The Hall–Kier alpha value is -1.64. The number of ether oxygens (including phenoxy) is 1. The Morgan fingerprint density at radius 3 is 2.33 bits per heavy atom. The van der Waals surface area contributed by atoms with Crippen LogP contribution in [0.4, 0.5) is 0 Å². The van der Waals surface area contributed by atoms with Crippen LogP contribution >= 0.6 is 0 Å². The maximum absolute atomic E-state index is 12.1. The molecule has 0 spiro atoms. The van der Waals surface area contributed by atoms with E-state index in [2.05, 4.69) is 4.72 Å². The number of hydrogen-bond donors (Lipinski definition) is 3. The van der Waals surface area contributed by atoms with Gasteiger partial charge in [0.25, 0.3) is 0 Å². The van der Waals surface area contributed by atoms with Gasteiger partial charge in [-0.15, -0.1) is 0 Å². The van der Waals surface area contributed by atoms with Crippen LogP contribution < -0.4 is 9.46 Å². The smallest absolute Gasteiger partial charge is 0.304 e. The predicted molar refractivity (Wildman–Crippen MR) is 75.6 cm³/mol. The lowest BCUT2D eigenvalue weighted by atomic mass is 9.88. The van der Waals surface area contributed by atoms with E-state index in [1.54, 1.807) is 0 Å². The van der Waals surface area contributed by atoms with Gasteiger partial charge in [0.15, 0.2) is 0 Å². The molecule has 21 heavy (non-hydrogen) atoms. The van der Waals surface area contributed by atoms with Gasteiger partial charge in [-0.1, -0.05) is 6.92 Å². The molecule has 0 bridgehead atoms. The molecule has 7 nitrogen and oxygen atoms in total. The van der Waals surface area contributed by atoms with Crippen molar-refractivity contribution in [2.75, 3.05) is 20.3 Å². The third-order valence-electron chi connectivity index (χ3n) is 3.02. The van der Waals surface area contributed by atoms with Gasteiger partial charge in [0.1, 0.15) is 5.75 Å². The van der Waals surface area contributed by atoms with Gasteiger partial charge in [0.2, 0.25) is 10.0 Å². The number of aliphatic hydroxyl groups is 1. The molecule has 1 aromatic rings. The van der Waals surface area contributed by atoms with E-state index in [9.17, 15) is 18.3 Å². The Morgan fingerprint density at radius 1 is 1.33 bits per heavy atom. The lowest BCUT2D eigenvalue weighted by molar-refractivity contribution is -0.140. The van der Waals surface area contributed by atoms with E-state index in [1.807, 2.05) is 0 Å². The van der Waals surface area contributed by atoms with Crippen molar-refractivity contribution in [3.63, 3.8) is 0 Å². The highest BCUT2D eigenvalue weighted by atomic mass is 32.2. The van der Waals surface area contributed by atoms with Crippen LogP contribution in [0.2, 0.25) is 0 Å². The van der Waals surface area contributed by atoms with Gasteiger partial charge < -0.3 is 14.9 Å². The van der Waals surface area contributed by atoms with Crippen LogP contribution in [0, 0.1) is 5.41 Å². The fraction of sp³-hybridized carbons (Fsp3) is 0.462. The number of aliphatic carboxylic acids is 1. The maximum atomic E-state index is 12.1. The molecule has 118 valence electrons. The third kappa shape index (κ3) is 5.00. The van der Waals surface area contributed by atoms with Crippen LogP contribution in [-0.2, 0) is 14.8 Å². The molecule has 1 unspecified atom stereocenters. The molecular weight excluding hydrogens is 298 g/mol. The number of benzene rings is 1. The minimum atomic E-state index is -3.77. The van der Waals surface area contributed by atoms with Gasteiger partial charge in [-0.05, 0) is 24.3 Å². The molecule has 0 saturated heterocycles. The van der Waals surface area contributed by atoms with Gasteiger partial charge in [0, 0.05) is 12.0 Å². The van der Waals surface area contributed by atoms with Crippen molar-refractivity contribution in [2.45, 2.75) is 18.2 Å². The third-order valence-corrected chi connectivity index (χ3v) is 4.44. The number of nitrogens with one attached hydrogen (secondary N) is 1. The minimum Gasteiger partial charge on any atom is -0.497 e. The zero-order valence-corrected chi connectivity index (χ0v) is 12.7. The van der Waals surface area contributed by atoms with E-state index >= 15 is 0 Å². The molecule has 0 aromatic heterocycles. The molecule has 0 aliphatic carbocycles. The number of carbonyl (C=O) groups is 1. The molecule has 0 saturated carbocycles. The number of aliphatic hydroxyl groups excluding tert-OH is 1. The van der Waals surface area contributed by atoms with Gasteiger partial charge in [-0.3, -0.25) is 4.79 Å². The number of hydrogen-bond acceptors (Lipinski definition) is 5. The highest BCUT2D eigenvalue weighted by Crippen LogP contribution is 2.21. The van der Waals surface area contributed by atoms with Crippen molar-refractivity contribution in [3.05, 3.63) is 24.3 Å². The van der Waals surface area contributed by atoms with E-state index in [1.165, 1.54) is 38.3 Å². The van der Waals surface area contributed by atoms with E-state index in [0.29, 0.717) is 5.75 Å². The van der Waals surface area contributed by atoms with E-state index in [-0.39, 0.29) is 17.9 Å². The van der Waals surface area contributed by atoms with Crippen molar-refractivity contribution < 1.29 is 28.2 Å². The van der Waals surface area contributed by atoms with Crippen LogP contribution in [0.3, 0.4) is 0 Å². The van der Waals surface area contributed by atoms with Crippen molar-refractivity contribution in [1.29, 1.82) is 0 Å². The predicted octanol–water partition coefficient (Wildman–Crippen LogP) is 0.447. The van der Waals surface area contributed by atoms with Crippen molar-refractivity contribution >= 4 is 16.0 Å². The number of carboxylic acids is 1. The summed E-state index contributed by atoms with van der Waals surface area (Å²) < 4.78 is 31.5. The molecule has 8 heteroatoms. The van der Waals surface area contributed by atoms with Gasteiger partial charge >= 0.3 is 5.97 Å². The monoisotopic (exact) mass is 317 g/mol. The minimum absolute atomic E-state index is 0.0407. The molecule has 0 aliphatic heterocycles. The number of carboxylic acid groups (broad SMARTS) is 1. The van der Waals surface area contributed by atoms with Crippen LogP contribution in [0.25, 0.3) is 0 Å². The fourth-order valence-corrected chi connectivity index (χ4v) is 2.85. The average molecular weight is 317 g/mol. The highest BCUT2D eigenvalue weighted by molar-refractivity contribution is 7.89. The van der Waals surface area contributed by atoms with Gasteiger partial charge in [-0.25, -0.2) is 13.1 Å². The SMILES string of the molecule is COc1ccc(S(=O)(=O)NCC(C)(CO)CC(=O)O)cc1. The molecule has 3 N–H and O–H groups in total. The summed E-state index contributed by atoms with van der Waals surface area (Å²) in [6, 6.07) is 5.79. The van der Waals surface area contributed by atoms with Crippen LogP contribution in [0.1, 0.15) is 13.3 Å². The van der Waals surface area contributed by atoms with Crippen LogP contribution in [-0.4, -0.2) is 44.9 Å². The van der Waals surface area contributed by atoms with Crippen molar-refractivity contribution in [3.8, 4) is 5.75 Å². The topological polar surface area (TPSA) is 113 Å². The highest BCUT2D eigenvalue weighted by Gasteiger charge is 2.29. The summed E-state index contributed by atoms with van der Waals surface area (Å²) in [5.41, 5.74) is -1.06. The van der Waals surface area contributed by atoms with E-state index < -0.39 is 28.0 Å². The number of rotatable bonds is 8. The Balaban J connectivity index is 2.82. The summed E-state index contributed by atoms with van der Waals surface area (Å²) in [7, 11) is -2.30.